The number of rotatable bonds is 16. The summed E-state index contributed by atoms with van der Waals surface area (Å²) in [6.45, 7) is 5.67. The lowest BCUT2D eigenvalue weighted by atomic mass is 9.94. The van der Waals surface area contributed by atoms with Gasteiger partial charge in [-0.3, -0.25) is 4.79 Å². The van der Waals surface area contributed by atoms with Crippen LogP contribution in [0.3, 0.4) is 0 Å². The van der Waals surface area contributed by atoms with Crippen LogP contribution >= 0.6 is 0 Å². The second kappa shape index (κ2) is 15.0. The van der Waals surface area contributed by atoms with Crippen molar-refractivity contribution in [2.75, 3.05) is 0 Å². The number of hydrogen-bond acceptors (Lipinski definition) is 2. The second-order valence-electron chi connectivity index (χ2n) is 6.40. The zero-order valence-electron chi connectivity index (χ0n) is 15.1. The fourth-order valence-electron chi connectivity index (χ4n) is 2.79. The summed E-state index contributed by atoms with van der Waals surface area (Å²) in [4.78, 5) is 22.1. The molecule has 0 aromatic carbocycles. The zero-order chi connectivity index (χ0) is 18.2. The van der Waals surface area contributed by atoms with Crippen LogP contribution in [0.4, 0.5) is 0 Å². The molecule has 0 rings (SSSR count). The lowest BCUT2D eigenvalue weighted by molar-refractivity contribution is -0.142. The Kier molecular flexibility index (Phi) is 14.0. The van der Waals surface area contributed by atoms with E-state index >= 15 is 0 Å². The Morgan fingerprint density at radius 2 is 1.46 bits per heavy atom. The van der Waals surface area contributed by atoms with Crippen molar-refractivity contribution < 1.29 is 19.8 Å². The Balaban J connectivity index is 3.87. The van der Waals surface area contributed by atoms with Crippen LogP contribution < -0.4 is 0 Å². The SMILES string of the molecule is C=C/C(=C/CCCCC(CCCCCCCCC)C(=O)O)C(=O)O. The highest BCUT2D eigenvalue weighted by molar-refractivity contribution is 5.89. The molecule has 138 valence electrons. The highest BCUT2D eigenvalue weighted by atomic mass is 16.4. The molecule has 0 radical (unpaired) electrons. The van der Waals surface area contributed by atoms with Crippen molar-refractivity contribution >= 4 is 11.9 Å². The highest BCUT2D eigenvalue weighted by Crippen LogP contribution is 2.19. The maximum Gasteiger partial charge on any atom is 0.335 e. The van der Waals surface area contributed by atoms with Crippen LogP contribution in [0, 0.1) is 5.92 Å². The molecule has 4 heteroatoms. The third-order valence-electron chi connectivity index (χ3n) is 4.34. The molecular formula is C20H34O4. The molecule has 0 heterocycles. The van der Waals surface area contributed by atoms with Crippen molar-refractivity contribution in [3.63, 3.8) is 0 Å². The number of carboxylic acids is 2. The van der Waals surface area contributed by atoms with Gasteiger partial charge < -0.3 is 10.2 Å². The number of hydrogen-bond donors (Lipinski definition) is 2. The molecule has 0 spiro atoms. The van der Waals surface area contributed by atoms with Crippen molar-refractivity contribution in [2.24, 2.45) is 5.92 Å². The Bertz CT molecular complexity index is 398. The summed E-state index contributed by atoms with van der Waals surface area (Å²) in [6, 6.07) is 0. The zero-order valence-corrected chi connectivity index (χ0v) is 15.1. The van der Waals surface area contributed by atoms with Crippen molar-refractivity contribution in [3.8, 4) is 0 Å². The quantitative estimate of drug-likeness (QED) is 0.219. The van der Waals surface area contributed by atoms with Crippen molar-refractivity contribution in [1.82, 2.24) is 0 Å². The first-order valence-corrected chi connectivity index (χ1v) is 9.31. The Morgan fingerprint density at radius 3 is 1.96 bits per heavy atom. The molecule has 0 aliphatic carbocycles. The van der Waals surface area contributed by atoms with Crippen LogP contribution in [0.2, 0.25) is 0 Å². The molecule has 4 nitrogen and oxygen atoms in total. The van der Waals surface area contributed by atoms with Crippen LogP contribution in [0.1, 0.15) is 84.0 Å². The van der Waals surface area contributed by atoms with Gasteiger partial charge in [-0.2, -0.15) is 0 Å². The van der Waals surface area contributed by atoms with E-state index in [1.807, 2.05) is 0 Å². The topological polar surface area (TPSA) is 74.6 Å². The van der Waals surface area contributed by atoms with E-state index in [0.29, 0.717) is 12.8 Å². The largest absolute Gasteiger partial charge is 0.481 e. The van der Waals surface area contributed by atoms with Gasteiger partial charge in [0, 0.05) is 0 Å². The second-order valence-corrected chi connectivity index (χ2v) is 6.40. The van der Waals surface area contributed by atoms with Gasteiger partial charge in [-0.1, -0.05) is 77.0 Å². The van der Waals surface area contributed by atoms with Crippen LogP contribution in [-0.4, -0.2) is 22.2 Å². The standard InChI is InChI=1S/C20H34O4/c1-3-5-6-7-8-9-11-15-18(20(23)24)16-13-10-12-14-17(4-2)19(21)22/h4,14,18H,2-3,5-13,15-16H2,1H3,(H,21,22)(H,23,24)/b17-14-. The van der Waals surface area contributed by atoms with E-state index in [-0.39, 0.29) is 11.5 Å². The average molecular weight is 338 g/mol. The summed E-state index contributed by atoms with van der Waals surface area (Å²) >= 11 is 0. The van der Waals surface area contributed by atoms with E-state index in [0.717, 1.165) is 32.1 Å². The summed E-state index contributed by atoms with van der Waals surface area (Å²) < 4.78 is 0. The highest BCUT2D eigenvalue weighted by Gasteiger charge is 2.16. The molecule has 24 heavy (non-hydrogen) atoms. The molecule has 0 saturated heterocycles. The molecule has 0 bridgehead atoms. The van der Waals surface area contributed by atoms with E-state index < -0.39 is 11.9 Å². The Labute approximate surface area is 146 Å². The summed E-state index contributed by atoms with van der Waals surface area (Å²) in [7, 11) is 0. The monoisotopic (exact) mass is 338 g/mol. The molecule has 0 aromatic heterocycles. The van der Waals surface area contributed by atoms with Gasteiger partial charge in [-0.05, 0) is 25.7 Å². The van der Waals surface area contributed by atoms with Gasteiger partial charge in [0.25, 0.3) is 0 Å². The van der Waals surface area contributed by atoms with E-state index in [4.69, 9.17) is 5.11 Å². The van der Waals surface area contributed by atoms with Gasteiger partial charge >= 0.3 is 11.9 Å². The molecule has 1 unspecified atom stereocenters. The van der Waals surface area contributed by atoms with Crippen LogP contribution in [0.5, 0.6) is 0 Å². The van der Waals surface area contributed by atoms with E-state index in [1.54, 1.807) is 6.08 Å². The smallest absolute Gasteiger partial charge is 0.335 e. The summed E-state index contributed by atoms with van der Waals surface area (Å²) in [6.07, 6.45) is 15.1. The molecule has 0 aliphatic heterocycles. The molecule has 0 saturated carbocycles. The number of allylic oxidation sites excluding steroid dienone is 1. The minimum Gasteiger partial charge on any atom is -0.481 e. The van der Waals surface area contributed by atoms with Crippen LogP contribution in [0.25, 0.3) is 0 Å². The molecule has 0 aromatic rings. The lowest BCUT2D eigenvalue weighted by Gasteiger charge is -2.11. The van der Waals surface area contributed by atoms with Gasteiger partial charge in [0.15, 0.2) is 0 Å². The summed E-state index contributed by atoms with van der Waals surface area (Å²) in [5, 5.41) is 18.2. The average Bonchev–Trinajstić information content (AvgIpc) is 2.54. The lowest BCUT2D eigenvalue weighted by Crippen LogP contribution is -2.13. The first-order chi connectivity index (χ1) is 11.5. The van der Waals surface area contributed by atoms with E-state index in [1.165, 1.54) is 38.2 Å². The van der Waals surface area contributed by atoms with Gasteiger partial charge in [0.1, 0.15) is 0 Å². The third-order valence-corrected chi connectivity index (χ3v) is 4.34. The van der Waals surface area contributed by atoms with Gasteiger partial charge in [0.2, 0.25) is 0 Å². The minimum absolute atomic E-state index is 0.216. The molecule has 0 amide bonds. The van der Waals surface area contributed by atoms with Gasteiger partial charge in [-0.15, -0.1) is 0 Å². The number of aliphatic carboxylic acids is 2. The fraction of sp³-hybridized carbons (Fsp3) is 0.700. The first-order valence-electron chi connectivity index (χ1n) is 9.31. The molecule has 0 aliphatic rings. The van der Waals surface area contributed by atoms with Crippen molar-refractivity contribution in [3.05, 3.63) is 24.3 Å². The predicted molar refractivity (Wildman–Crippen MR) is 98.1 cm³/mol. The van der Waals surface area contributed by atoms with Gasteiger partial charge in [-0.25, -0.2) is 4.79 Å². The van der Waals surface area contributed by atoms with E-state index in [9.17, 15) is 14.7 Å². The normalized spacial score (nSPS) is 12.8. The molecule has 2 N–H and O–H groups in total. The minimum atomic E-state index is -0.965. The van der Waals surface area contributed by atoms with Crippen LogP contribution in [0.15, 0.2) is 24.3 Å². The first kappa shape index (κ1) is 22.4. The number of carboxylic acid groups (broad SMARTS) is 2. The maximum atomic E-state index is 11.3. The maximum absolute atomic E-state index is 11.3. The molecular weight excluding hydrogens is 304 g/mol. The summed E-state index contributed by atoms with van der Waals surface area (Å²) in [5.74, 6) is -1.93. The number of unbranched alkanes of at least 4 members (excludes halogenated alkanes) is 8. The van der Waals surface area contributed by atoms with Crippen molar-refractivity contribution in [1.29, 1.82) is 0 Å². The molecule has 0 fully saturated rings. The number of carbonyl (C=O) groups is 2. The van der Waals surface area contributed by atoms with Crippen molar-refractivity contribution in [2.45, 2.75) is 84.0 Å². The van der Waals surface area contributed by atoms with E-state index in [2.05, 4.69) is 13.5 Å². The Hall–Kier alpha value is -1.58. The fourth-order valence-corrected chi connectivity index (χ4v) is 2.79. The van der Waals surface area contributed by atoms with Gasteiger partial charge in [0.05, 0.1) is 11.5 Å². The summed E-state index contributed by atoms with van der Waals surface area (Å²) in [5.41, 5.74) is 0.216. The predicted octanol–water partition coefficient (Wildman–Crippen LogP) is 5.59. The third kappa shape index (κ3) is 11.9. The van der Waals surface area contributed by atoms with Crippen LogP contribution in [-0.2, 0) is 9.59 Å². The molecule has 1 atom stereocenters. The Morgan fingerprint density at radius 1 is 0.917 bits per heavy atom.